The molecule has 0 saturated carbocycles. The fourth-order valence-corrected chi connectivity index (χ4v) is 6.86. The molecule has 2 aromatic carbocycles. The summed E-state index contributed by atoms with van der Waals surface area (Å²) in [5, 5.41) is 11.1. The van der Waals surface area contributed by atoms with Crippen molar-refractivity contribution in [3.63, 3.8) is 0 Å². The molecule has 2 aliphatic rings. The van der Waals surface area contributed by atoms with Crippen molar-refractivity contribution in [3.05, 3.63) is 108 Å². The van der Waals surface area contributed by atoms with Gasteiger partial charge in [-0.3, -0.25) is 0 Å². The highest BCUT2D eigenvalue weighted by molar-refractivity contribution is 6.32. The lowest BCUT2D eigenvalue weighted by Gasteiger charge is -2.28. The van der Waals surface area contributed by atoms with Crippen LogP contribution in [0.3, 0.4) is 0 Å². The number of halogens is 2. The number of ether oxygens (including phenoxy) is 3. The Bertz CT molecular complexity index is 2370. The molecule has 0 spiro atoms. The number of nitrogens with zero attached hydrogens (tertiary/aromatic N) is 9. The number of anilines is 2. The van der Waals surface area contributed by atoms with Crippen LogP contribution >= 0.6 is 23.2 Å². The van der Waals surface area contributed by atoms with Gasteiger partial charge in [-0.15, -0.1) is 0 Å². The van der Waals surface area contributed by atoms with Crippen LogP contribution in [0.15, 0.2) is 98.4 Å². The van der Waals surface area contributed by atoms with Gasteiger partial charge in [0, 0.05) is 61.6 Å². The molecule has 3 N–H and O–H groups in total. The number of likely N-dealkylation sites (tertiary alicyclic amines) is 1. The predicted molar refractivity (Wildman–Crippen MR) is 233 cm³/mol. The molecule has 6 aromatic rings. The first-order valence-corrected chi connectivity index (χ1v) is 20.7. The fraction of sp³-hybridized carbons (Fsp3) is 0.326. The summed E-state index contributed by atoms with van der Waals surface area (Å²) in [6, 6.07) is 14.8. The Kier molecular flexibility index (Phi) is 14.3. The molecule has 16 nitrogen and oxygen atoms in total. The molecule has 2 fully saturated rings. The number of carbonyl (C=O) groups excluding carboxylic acids is 1. The lowest BCUT2D eigenvalue weighted by atomic mass is 10.2. The average Bonchev–Trinajstić information content (AvgIpc) is 3.98. The molecular formula is C43H46Cl2N12O4. The van der Waals surface area contributed by atoms with Crippen molar-refractivity contribution in [1.82, 2.24) is 50.1 Å². The van der Waals surface area contributed by atoms with Crippen LogP contribution < -0.4 is 25.4 Å². The Labute approximate surface area is 363 Å². The van der Waals surface area contributed by atoms with Crippen molar-refractivity contribution in [2.75, 3.05) is 36.8 Å². The maximum Gasteiger partial charge on any atom is 0.410 e. The topological polar surface area (TPSA) is 187 Å². The number of rotatable bonds is 12. The summed E-state index contributed by atoms with van der Waals surface area (Å²) in [6.45, 7) is 8.52. The van der Waals surface area contributed by atoms with Crippen LogP contribution in [0.5, 0.6) is 23.3 Å². The summed E-state index contributed by atoms with van der Waals surface area (Å²) in [5.41, 5.74) is 2.11. The second-order valence-corrected chi connectivity index (χ2v) is 16.0. The second-order valence-electron chi connectivity index (χ2n) is 15.2. The summed E-state index contributed by atoms with van der Waals surface area (Å²) in [7, 11) is 0. The van der Waals surface area contributed by atoms with Crippen LogP contribution in [-0.2, 0) is 4.74 Å². The van der Waals surface area contributed by atoms with E-state index in [-0.39, 0.29) is 18.0 Å². The van der Waals surface area contributed by atoms with E-state index >= 15 is 0 Å². The number of nitrogens with one attached hydrogen (secondary N) is 3. The molecule has 2 saturated heterocycles. The molecule has 61 heavy (non-hydrogen) atoms. The van der Waals surface area contributed by atoms with Crippen LogP contribution in [0.4, 0.5) is 16.4 Å². The Morgan fingerprint density at radius 1 is 0.738 bits per heavy atom. The summed E-state index contributed by atoms with van der Waals surface area (Å²) in [5.74, 6) is 2.62. The van der Waals surface area contributed by atoms with Crippen molar-refractivity contribution < 1.29 is 19.0 Å². The standard InChI is InChI=1S/C24H27ClN6O3.C19H19ClN6O/c1-24(2,3)34-23(32)31-10-6-7-17(31)13-28-21-22(33-20-9-5-4-8-18(20)25)30-19(14-29-21)16-11-26-15-27-12-16;20-15-5-1-2-6-17(15)27-19-18(24-10-14-4-3-7-23-14)25-11-16(26-19)13-8-21-12-22-9-13/h4-5,8-9,11-12,14-15,17H,6-7,10,13H2,1-3H3,(H,28,29);1-2,5-6,8-9,11-12,14,23H,3-4,7,10H2,(H,24,25)/t17-;14-/m00/s1. The van der Waals surface area contributed by atoms with Crippen molar-refractivity contribution in [3.8, 4) is 45.8 Å². The first-order chi connectivity index (χ1) is 29.6. The number of para-hydroxylation sites is 2. The van der Waals surface area contributed by atoms with Gasteiger partial charge in [-0.1, -0.05) is 47.5 Å². The molecule has 0 aliphatic carbocycles. The van der Waals surface area contributed by atoms with Gasteiger partial charge in [0.1, 0.15) is 29.8 Å². The quantitative estimate of drug-likeness (QED) is 0.106. The van der Waals surface area contributed by atoms with E-state index in [2.05, 4.69) is 55.8 Å². The highest BCUT2D eigenvalue weighted by Crippen LogP contribution is 2.34. The number of carbonyl (C=O) groups is 1. The summed E-state index contributed by atoms with van der Waals surface area (Å²) in [6.07, 6.45) is 16.7. The van der Waals surface area contributed by atoms with Gasteiger partial charge in [-0.25, -0.2) is 44.7 Å². The van der Waals surface area contributed by atoms with Crippen molar-refractivity contribution in [1.29, 1.82) is 0 Å². The van der Waals surface area contributed by atoms with E-state index in [1.165, 1.54) is 19.1 Å². The molecule has 8 rings (SSSR count). The lowest BCUT2D eigenvalue weighted by Crippen LogP contribution is -2.42. The van der Waals surface area contributed by atoms with Crippen LogP contribution in [0.2, 0.25) is 10.0 Å². The van der Waals surface area contributed by atoms with E-state index in [1.807, 2.05) is 45.0 Å². The monoisotopic (exact) mass is 864 g/mol. The minimum Gasteiger partial charge on any atom is -0.444 e. The van der Waals surface area contributed by atoms with Crippen molar-refractivity contribution in [2.24, 2.45) is 0 Å². The van der Waals surface area contributed by atoms with Gasteiger partial charge in [0.05, 0.1) is 39.9 Å². The Hall–Kier alpha value is -6.23. The summed E-state index contributed by atoms with van der Waals surface area (Å²) in [4.78, 5) is 48.9. The number of hydrogen-bond acceptors (Lipinski definition) is 15. The van der Waals surface area contributed by atoms with Crippen molar-refractivity contribution >= 4 is 40.9 Å². The number of amides is 1. The minimum atomic E-state index is -0.546. The van der Waals surface area contributed by atoms with Gasteiger partial charge in [0.25, 0.3) is 11.8 Å². The summed E-state index contributed by atoms with van der Waals surface area (Å²) < 4.78 is 17.6. The maximum atomic E-state index is 12.6. The number of hydrogen-bond donors (Lipinski definition) is 3. The van der Waals surface area contributed by atoms with Crippen LogP contribution in [0, 0.1) is 0 Å². The van der Waals surface area contributed by atoms with E-state index in [9.17, 15) is 4.79 Å². The zero-order chi connectivity index (χ0) is 42.6. The third-order valence-corrected chi connectivity index (χ3v) is 10.1. The van der Waals surface area contributed by atoms with Crippen molar-refractivity contribution in [2.45, 2.75) is 64.1 Å². The maximum absolute atomic E-state index is 12.6. The van der Waals surface area contributed by atoms with Crippen LogP contribution in [-0.4, -0.2) is 94.7 Å². The van der Waals surface area contributed by atoms with E-state index in [1.54, 1.807) is 66.3 Å². The molecule has 6 heterocycles. The van der Waals surface area contributed by atoms with Gasteiger partial charge >= 0.3 is 6.09 Å². The smallest absolute Gasteiger partial charge is 0.410 e. The predicted octanol–water partition coefficient (Wildman–Crippen LogP) is 8.73. The number of aromatic nitrogens is 8. The fourth-order valence-electron chi connectivity index (χ4n) is 6.51. The van der Waals surface area contributed by atoms with Gasteiger partial charge in [-0.2, -0.15) is 0 Å². The van der Waals surface area contributed by atoms with Gasteiger partial charge in [0.2, 0.25) is 0 Å². The second kappa shape index (κ2) is 20.4. The Morgan fingerprint density at radius 2 is 1.26 bits per heavy atom. The Morgan fingerprint density at radius 3 is 1.75 bits per heavy atom. The zero-order valence-electron chi connectivity index (χ0n) is 34.0. The van der Waals surface area contributed by atoms with E-state index in [0.29, 0.717) is 75.1 Å². The van der Waals surface area contributed by atoms with Crippen LogP contribution in [0.25, 0.3) is 22.5 Å². The molecule has 2 aliphatic heterocycles. The normalized spacial score (nSPS) is 16.0. The molecule has 0 radical (unpaired) electrons. The zero-order valence-corrected chi connectivity index (χ0v) is 35.5. The minimum absolute atomic E-state index is 0.0352. The molecule has 316 valence electrons. The van der Waals surface area contributed by atoms with E-state index in [4.69, 9.17) is 37.4 Å². The SMILES string of the molecule is CC(C)(C)OC(=O)N1CCC[C@H]1CNc1ncc(-c2cncnc2)nc1Oc1ccccc1Cl.Clc1ccccc1Oc1nc(-c2cncnc2)cnc1NC[C@@H]1CCCN1. The molecule has 4 aromatic heterocycles. The van der Waals surface area contributed by atoms with Gasteiger partial charge in [-0.05, 0) is 77.3 Å². The van der Waals surface area contributed by atoms with Gasteiger partial charge < -0.3 is 35.1 Å². The molecular weight excluding hydrogens is 819 g/mol. The lowest BCUT2D eigenvalue weighted by molar-refractivity contribution is 0.0235. The third kappa shape index (κ3) is 12.0. The third-order valence-electron chi connectivity index (χ3n) is 9.47. The number of benzene rings is 2. The molecule has 0 unspecified atom stereocenters. The van der Waals surface area contributed by atoms with E-state index in [0.717, 1.165) is 37.9 Å². The molecule has 0 bridgehead atoms. The van der Waals surface area contributed by atoms with Gasteiger partial charge in [0.15, 0.2) is 11.6 Å². The van der Waals surface area contributed by atoms with Crippen LogP contribution in [0.1, 0.15) is 46.5 Å². The Balaban J connectivity index is 0.000000189. The highest BCUT2D eigenvalue weighted by atomic mass is 35.5. The highest BCUT2D eigenvalue weighted by Gasteiger charge is 2.32. The molecule has 18 heteroatoms. The molecule has 2 atom stereocenters. The molecule has 1 amide bonds. The summed E-state index contributed by atoms with van der Waals surface area (Å²) >= 11 is 12.5. The average molecular weight is 866 g/mol. The van der Waals surface area contributed by atoms with E-state index < -0.39 is 5.60 Å². The largest absolute Gasteiger partial charge is 0.444 e. The first-order valence-electron chi connectivity index (χ1n) is 19.9. The first kappa shape index (κ1) is 42.9.